The Bertz CT molecular complexity index is 1380. The second-order valence-corrected chi connectivity index (χ2v) is 9.94. The summed E-state index contributed by atoms with van der Waals surface area (Å²) >= 11 is 0. The van der Waals surface area contributed by atoms with Crippen LogP contribution < -0.4 is 14.8 Å². The molecule has 4 heterocycles. The number of ketones is 1. The van der Waals surface area contributed by atoms with Crippen molar-refractivity contribution in [2.45, 2.75) is 37.6 Å². The fourth-order valence-electron chi connectivity index (χ4n) is 5.32. The van der Waals surface area contributed by atoms with Crippen molar-refractivity contribution in [3.8, 4) is 22.8 Å². The van der Waals surface area contributed by atoms with Crippen LogP contribution in [-0.4, -0.2) is 67.4 Å². The lowest BCUT2D eigenvalue weighted by atomic mass is 9.90. The number of anilines is 1. The van der Waals surface area contributed by atoms with Gasteiger partial charge < -0.3 is 24.3 Å². The number of hydrogen-bond donors (Lipinski definition) is 1. The van der Waals surface area contributed by atoms with Crippen molar-refractivity contribution in [1.29, 1.82) is 0 Å². The van der Waals surface area contributed by atoms with Crippen molar-refractivity contribution in [2.75, 3.05) is 46.0 Å². The van der Waals surface area contributed by atoms with Crippen LogP contribution in [0.2, 0.25) is 0 Å². The second kappa shape index (κ2) is 12.2. The first-order valence-electron chi connectivity index (χ1n) is 13.3. The molecule has 2 saturated heterocycles. The highest BCUT2D eigenvalue weighted by Crippen LogP contribution is 2.40. The number of nitrogens with one attached hydrogen (secondary N) is 1. The van der Waals surface area contributed by atoms with Gasteiger partial charge in [0.25, 0.3) is 0 Å². The molecule has 2 aromatic heterocycles. The fraction of sp³-hybridized carbons (Fsp3) is 0.448. The van der Waals surface area contributed by atoms with Crippen LogP contribution >= 0.6 is 0 Å². The maximum absolute atomic E-state index is 15.4. The van der Waals surface area contributed by atoms with Crippen LogP contribution in [0.4, 0.5) is 14.7 Å². The maximum atomic E-state index is 15.4. The molecular weight excluding hydrogens is 522 g/mol. The average Bonchev–Trinajstić information content (AvgIpc) is 2.98. The molecule has 0 unspecified atom stereocenters. The summed E-state index contributed by atoms with van der Waals surface area (Å²) in [5.41, 5.74) is 0.941. The van der Waals surface area contributed by atoms with Crippen LogP contribution in [0.3, 0.4) is 0 Å². The van der Waals surface area contributed by atoms with E-state index in [9.17, 15) is 4.79 Å². The molecule has 0 saturated carbocycles. The number of hydrogen-bond acceptors (Lipinski definition) is 9. The first-order valence-corrected chi connectivity index (χ1v) is 13.3. The number of nitrogens with zero attached hydrogens (tertiary/aromatic N) is 3. The summed E-state index contributed by atoms with van der Waals surface area (Å²) < 4.78 is 52.3. The number of allylic oxidation sites excluding steroid dienone is 1. The van der Waals surface area contributed by atoms with Crippen molar-refractivity contribution >= 4 is 22.6 Å². The monoisotopic (exact) mass is 554 g/mol. The van der Waals surface area contributed by atoms with Crippen LogP contribution in [0.1, 0.15) is 37.3 Å². The van der Waals surface area contributed by atoms with Gasteiger partial charge in [-0.2, -0.15) is 0 Å². The Hall–Kier alpha value is -3.70. The number of fused-ring (bicyclic) bond motifs is 1. The lowest BCUT2D eigenvalue weighted by Crippen LogP contribution is -2.40. The molecule has 1 aromatic carbocycles. The Kier molecular flexibility index (Phi) is 8.51. The van der Waals surface area contributed by atoms with Gasteiger partial charge in [-0.15, -0.1) is 0 Å². The number of benzene rings is 1. The fourth-order valence-corrected chi connectivity index (χ4v) is 5.32. The minimum atomic E-state index is -0.873. The summed E-state index contributed by atoms with van der Waals surface area (Å²) in [4.78, 5) is 26.1. The minimum Gasteiger partial charge on any atom is -0.494 e. The molecule has 2 aliphatic heterocycles. The lowest BCUT2D eigenvalue weighted by Gasteiger charge is -2.31. The van der Waals surface area contributed by atoms with Crippen molar-refractivity contribution in [3.05, 3.63) is 48.3 Å². The Morgan fingerprint density at radius 3 is 2.45 bits per heavy atom. The molecule has 2 aliphatic rings. The zero-order chi connectivity index (χ0) is 28.2. The molecule has 212 valence electrons. The van der Waals surface area contributed by atoms with Crippen molar-refractivity contribution < 1.29 is 32.5 Å². The third-order valence-electron chi connectivity index (χ3n) is 7.54. The number of halogens is 2. The van der Waals surface area contributed by atoms with E-state index in [4.69, 9.17) is 28.9 Å². The summed E-state index contributed by atoms with van der Waals surface area (Å²) in [5.74, 6) is -1.70. The third kappa shape index (κ3) is 5.62. The standard InChI is InChI=1S/C29H32F2N4O5/c1-4-19(36)11-17-7-10-40-15-21(17)34-29-32-14-18-12-20(24-25(30)22(37-2)13-23(38-3)26(24)31)33-27(28(18)35-29)16-5-8-39-9-6-16/h4,12-14,16-17,21H,1,5-11,15H2,2-3H3,(H,32,34,35)/t17-,21-/m1/s1. The number of ether oxygens (including phenoxy) is 4. The first-order chi connectivity index (χ1) is 19.4. The summed E-state index contributed by atoms with van der Waals surface area (Å²) in [6.45, 7) is 5.66. The van der Waals surface area contributed by atoms with E-state index < -0.39 is 11.6 Å². The van der Waals surface area contributed by atoms with Crippen LogP contribution in [-0.2, 0) is 14.3 Å². The summed E-state index contributed by atoms with van der Waals surface area (Å²) in [6.07, 6.45) is 5.41. The van der Waals surface area contributed by atoms with E-state index in [1.807, 2.05) is 0 Å². The largest absolute Gasteiger partial charge is 0.494 e. The summed E-state index contributed by atoms with van der Waals surface area (Å²) in [7, 11) is 2.61. The van der Waals surface area contributed by atoms with E-state index in [0.717, 1.165) is 6.42 Å². The zero-order valence-corrected chi connectivity index (χ0v) is 22.5. The van der Waals surface area contributed by atoms with Gasteiger partial charge in [0.1, 0.15) is 0 Å². The molecule has 11 heteroatoms. The lowest BCUT2D eigenvalue weighted by molar-refractivity contribution is -0.116. The molecule has 3 aromatic rings. The topological polar surface area (TPSA) is 105 Å². The minimum absolute atomic E-state index is 0.0229. The highest BCUT2D eigenvalue weighted by molar-refractivity contribution is 5.89. The van der Waals surface area contributed by atoms with Gasteiger partial charge in [-0.25, -0.2) is 18.7 Å². The Labute approximate surface area is 230 Å². The number of aromatic nitrogens is 3. The SMILES string of the molecule is C=CC(=O)C[C@H]1CCOC[C@H]1Nc1ncc2cc(-c3c(F)c(OC)cc(OC)c3F)nc(C3CCOCC3)c2n1. The molecule has 2 atom stereocenters. The van der Waals surface area contributed by atoms with Gasteiger partial charge in [-0.05, 0) is 37.3 Å². The van der Waals surface area contributed by atoms with Crippen molar-refractivity contribution in [2.24, 2.45) is 5.92 Å². The van der Waals surface area contributed by atoms with E-state index in [2.05, 4.69) is 16.9 Å². The molecule has 0 aliphatic carbocycles. The number of pyridine rings is 1. The second-order valence-electron chi connectivity index (χ2n) is 9.94. The Morgan fingerprint density at radius 1 is 1.07 bits per heavy atom. The molecule has 0 bridgehead atoms. The van der Waals surface area contributed by atoms with E-state index >= 15 is 8.78 Å². The smallest absolute Gasteiger partial charge is 0.223 e. The summed E-state index contributed by atoms with van der Waals surface area (Å²) in [6, 6.07) is 2.57. The molecule has 9 nitrogen and oxygen atoms in total. The normalized spacial score (nSPS) is 19.8. The number of methoxy groups -OCH3 is 2. The predicted octanol–water partition coefficient (Wildman–Crippen LogP) is 4.84. The van der Waals surface area contributed by atoms with Crippen LogP contribution in [0.5, 0.6) is 11.5 Å². The van der Waals surface area contributed by atoms with E-state index in [1.165, 1.54) is 26.4 Å². The number of carbonyl (C=O) groups excluding carboxylic acids is 1. The quantitative estimate of drug-likeness (QED) is 0.372. The number of carbonyl (C=O) groups is 1. The molecule has 5 rings (SSSR count). The molecule has 0 amide bonds. The van der Waals surface area contributed by atoms with E-state index in [1.54, 1.807) is 12.3 Å². The van der Waals surface area contributed by atoms with Gasteiger partial charge in [0.05, 0.1) is 49.3 Å². The van der Waals surface area contributed by atoms with E-state index in [0.29, 0.717) is 68.2 Å². The molecular formula is C29H32F2N4O5. The highest BCUT2D eigenvalue weighted by Gasteiger charge is 2.29. The molecule has 40 heavy (non-hydrogen) atoms. The van der Waals surface area contributed by atoms with Crippen LogP contribution in [0, 0.1) is 17.6 Å². The van der Waals surface area contributed by atoms with Crippen molar-refractivity contribution in [1.82, 2.24) is 15.0 Å². The van der Waals surface area contributed by atoms with Gasteiger partial charge in [0.2, 0.25) is 5.95 Å². The van der Waals surface area contributed by atoms with Gasteiger partial charge in [0, 0.05) is 49.8 Å². The Morgan fingerprint density at radius 2 is 1.77 bits per heavy atom. The van der Waals surface area contributed by atoms with Crippen LogP contribution in [0.15, 0.2) is 31.0 Å². The third-order valence-corrected chi connectivity index (χ3v) is 7.54. The molecule has 0 radical (unpaired) electrons. The van der Waals surface area contributed by atoms with E-state index in [-0.39, 0.29) is 46.4 Å². The highest BCUT2D eigenvalue weighted by atomic mass is 19.1. The first kappa shape index (κ1) is 27.9. The number of rotatable bonds is 9. The predicted molar refractivity (Wildman–Crippen MR) is 145 cm³/mol. The van der Waals surface area contributed by atoms with Crippen LogP contribution in [0.25, 0.3) is 22.2 Å². The molecule has 0 spiro atoms. The molecule has 1 N–H and O–H groups in total. The van der Waals surface area contributed by atoms with Gasteiger partial charge in [-0.3, -0.25) is 9.78 Å². The maximum Gasteiger partial charge on any atom is 0.223 e. The average molecular weight is 555 g/mol. The zero-order valence-electron chi connectivity index (χ0n) is 22.5. The van der Waals surface area contributed by atoms with Gasteiger partial charge in [-0.1, -0.05) is 6.58 Å². The molecule has 2 fully saturated rings. The van der Waals surface area contributed by atoms with Crippen molar-refractivity contribution in [3.63, 3.8) is 0 Å². The summed E-state index contributed by atoms with van der Waals surface area (Å²) in [5, 5.41) is 3.92. The van der Waals surface area contributed by atoms with Gasteiger partial charge >= 0.3 is 0 Å². The van der Waals surface area contributed by atoms with Gasteiger partial charge in [0.15, 0.2) is 28.9 Å². The Balaban J connectivity index is 1.59.